The number of hydrogen-bond acceptors (Lipinski definition) is 6. The van der Waals surface area contributed by atoms with Crippen molar-refractivity contribution in [2.24, 2.45) is 0 Å². The molecule has 0 radical (unpaired) electrons. The highest BCUT2D eigenvalue weighted by Crippen LogP contribution is 2.16. The van der Waals surface area contributed by atoms with Gasteiger partial charge in [-0.05, 0) is 25.0 Å². The summed E-state index contributed by atoms with van der Waals surface area (Å²) in [5.41, 5.74) is 2.85. The Balaban J connectivity index is 1.47. The number of carbonyl (C=O) groups is 1. The largest absolute Gasteiger partial charge is 0.378 e. The molecule has 8 nitrogen and oxygen atoms in total. The minimum absolute atomic E-state index is 0.220. The summed E-state index contributed by atoms with van der Waals surface area (Å²) in [6.45, 7) is 8.11. The zero-order valence-electron chi connectivity index (χ0n) is 16.5. The molecule has 150 valence electrons. The lowest BCUT2D eigenvalue weighted by atomic mass is 10.1. The predicted molar refractivity (Wildman–Crippen MR) is 111 cm³/mol. The maximum atomic E-state index is 12.1. The number of hydrogen-bond donors (Lipinski definition) is 3. The number of anilines is 3. The van der Waals surface area contributed by atoms with Gasteiger partial charge in [0.25, 0.3) is 0 Å². The van der Waals surface area contributed by atoms with E-state index >= 15 is 0 Å². The quantitative estimate of drug-likeness (QED) is 0.635. The van der Waals surface area contributed by atoms with Crippen LogP contribution in [0, 0.1) is 6.92 Å². The van der Waals surface area contributed by atoms with E-state index in [1.54, 1.807) is 0 Å². The van der Waals surface area contributed by atoms with Crippen molar-refractivity contribution in [2.75, 3.05) is 54.9 Å². The van der Waals surface area contributed by atoms with Gasteiger partial charge in [-0.15, -0.1) is 0 Å². The minimum atomic E-state index is -0.220. The van der Waals surface area contributed by atoms with E-state index in [2.05, 4.69) is 37.7 Å². The monoisotopic (exact) mass is 384 g/mol. The zero-order valence-corrected chi connectivity index (χ0v) is 16.5. The third-order valence-corrected chi connectivity index (χ3v) is 4.52. The summed E-state index contributed by atoms with van der Waals surface area (Å²) in [6, 6.07) is 9.56. The molecule has 0 spiro atoms. The highest BCUT2D eigenvalue weighted by molar-refractivity contribution is 5.90. The second kappa shape index (κ2) is 9.89. The summed E-state index contributed by atoms with van der Waals surface area (Å²) in [7, 11) is 0. The first-order valence-corrected chi connectivity index (χ1v) is 9.70. The fourth-order valence-corrected chi connectivity index (χ4v) is 3.05. The molecule has 2 amide bonds. The van der Waals surface area contributed by atoms with Gasteiger partial charge < -0.3 is 25.6 Å². The van der Waals surface area contributed by atoms with Crippen molar-refractivity contribution < 1.29 is 9.53 Å². The van der Waals surface area contributed by atoms with Crippen LogP contribution in [0.3, 0.4) is 0 Å². The second-order valence-corrected chi connectivity index (χ2v) is 6.61. The lowest BCUT2D eigenvalue weighted by Crippen LogP contribution is -2.37. The first-order valence-electron chi connectivity index (χ1n) is 9.70. The Morgan fingerprint density at radius 1 is 1.18 bits per heavy atom. The molecule has 0 unspecified atom stereocenters. The van der Waals surface area contributed by atoms with Crippen LogP contribution in [0.1, 0.15) is 18.2 Å². The number of rotatable bonds is 7. The Morgan fingerprint density at radius 3 is 2.75 bits per heavy atom. The number of morpholine rings is 1. The Bertz CT molecular complexity index is 792. The van der Waals surface area contributed by atoms with Crippen LogP contribution >= 0.6 is 0 Å². The Kier molecular flexibility index (Phi) is 7.02. The molecule has 8 heteroatoms. The lowest BCUT2D eigenvalue weighted by molar-refractivity contribution is 0.122. The van der Waals surface area contributed by atoms with Gasteiger partial charge in [0.15, 0.2) is 0 Å². The first-order chi connectivity index (χ1) is 13.7. The van der Waals surface area contributed by atoms with Gasteiger partial charge in [-0.25, -0.2) is 9.78 Å². The molecule has 1 aromatic carbocycles. The summed E-state index contributed by atoms with van der Waals surface area (Å²) in [6.07, 6.45) is 0.869. The number of carbonyl (C=O) groups excluding carboxylic acids is 1. The maximum Gasteiger partial charge on any atom is 0.319 e. The number of aromatic nitrogens is 2. The molecule has 3 N–H and O–H groups in total. The van der Waals surface area contributed by atoms with Crippen LogP contribution in [0.25, 0.3) is 0 Å². The molecule has 1 fully saturated rings. The van der Waals surface area contributed by atoms with Crippen LogP contribution in [0.2, 0.25) is 0 Å². The number of para-hydroxylation sites is 1. The van der Waals surface area contributed by atoms with E-state index in [1.165, 1.54) is 0 Å². The van der Waals surface area contributed by atoms with Crippen LogP contribution in [-0.4, -0.2) is 55.4 Å². The van der Waals surface area contributed by atoms with Gasteiger partial charge in [0.05, 0.1) is 13.2 Å². The molecule has 1 aromatic heterocycles. The van der Waals surface area contributed by atoms with E-state index < -0.39 is 0 Å². The molecule has 1 aliphatic rings. The van der Waals surface area contributed by atoms with Crippen molar-refractivity contribution in [3.8, 4) is 0 Å². The van der Waals surface area contributed by atoms with Gasteiger partial charge in [-0.3, -0.25) is 0 Å². The number of benzene rings is 1. The Morgan fingerprint density at radius 2 is 1.96 bits per heavy atom. The Labute approximate surface area is 165 Å². The summed E-state index contributed by atoms with van der Waals surface area (Å²) in [5.74, 6) is 1.47. The average molecular weight is 384 g/mol. The smallest absolute Gasteiger partial charge is 0.319 e. The van der Waals surface area contributed by atoms with Crippen LogP contribution in [0.5, 0.6) is 0 Å². The first kappa shape index (κ1) is 19.9. The predicted octanol–water partition coefficient (Wildman–Crippen LogP) is 2.42. The van der Waals surface area contributed by atoms with Gasteiger partial charge in [0, 0.05) is 43.6 Å². The SMILES string of the molecule is CCc1ccccc1NC(=O)NCCNc1nc(C)cc(N2CCOCC2)n1. The van der Waals surface area contributed by atoms with Crippen molar-refractivity contribution in [3.63, 3.8) is 0 Å². The summed E-state index contributed by atoms with van der Waals surface area (Å²) < 4.78 is 5.39. The normalized spacial score (nSPS) is 13.9. The zero-order chi connectivity index (χ0) is 19.8. The molecule has 2 aromatic rings. The number of urea groups is 1. The van der Waals surface area contributed by atoms with E-state index in [-0.39, 0.29) is 6.03 Å². The topological polar surface area (TPSA) is 91.4 Å². The number of ether oxygens (including phenoxy) is 1. The van der Waals surface area contributed by atoms with Gasteiger partial charge in [-0.1, -0.05) is 25.1 Å². The molecular formula is C20H28N6O2. The van der Waals surface area contributed by atoms with Crippen LogP contribution in [0.15, 0.2) is 30.3 Å². The standard InChI is InChI=1S/C20H28N6O2/c1-3-16-6-4-5-7-17(16)24-20(27)22-9-8-21-19-23-15(2)14-18(25-19)26-10-12-28-13-11-26/h4-7,14H,3,8-13H2,1-2H3,(H,21,23,25)(H2,22,24,27). The third kappa shape index (κ3) is 5.56. The van der Waals surface area contributed by atoms with Crippen LogP contribution in [0.4, 0.5) is 22.2 Å². The summed E-state index contributed by atoms with van der Waals surface area (Å²) in [4.78, 5) is 23.3. The van der Waals surface area contributed by atoms with E-state index in [0.717, 1.165) is 42.3 Å². The molecule has 0 bridgehead atoms. The summed E-state index contributed by atoms with van der Waals surface area (Å²) in [5, 5.41) is 8.93. The highest BCUT2D eigenvalue weighted by Gasteiger charge is 2.14. The van der Waals surface area contributed by atoms with Gasteiger partial charge >= 0.3 is 6.03 Å². The van der Waals surface area contributed by atoms with Crippen LogP contribution in [-0.2, 0) is 11.2 Å². The number of amides is 2. The summed E-state index contributed by atoms with van der Waals surface area (Å²) >= 11 is 0. The van der Waals surface area contributed by atoms with Crippen molar-refractivity contribution in [1.29, 1.82) is 0 Å². The van der Waals surface area contributed by atoms with Crippen molar-refractivity contribution in [2.45, 2.75) is 20.3 Å². The molecule has 1 aliphatic heterocycles. The van der Waals surface area contributed by atoms with Gasteiger partial charge in [-0.2, -0.15) is 4.98 Å². The number of nitrogens with one attached hydrogen (secondary N) is 3. The van der Waals surface area contributed by atoms with E-state index in [1.807, 2.05) is 37.3 Å². The minimum Gasteiger partial charge on any atom is -0.378 e. The molecule has 0 atom stereocenters. The average Bonchev–Trinajstić information content (AvgIpc) is 2.72. The highest BCUT2D eigenvalue weighted by atomic mass is 16.5. The fraction of sp³-hybridized carbons (Fsp3) is 0.450. The van der Waals surface area contributed by atoms with Crippen molar-refractivity contribution >= 4 is 23.5 Å². The second-order valence-electron chi connectivity index (χ2n) is 6.61. The maximum absolute atomic E-state index is 12.1. The van der Waals surface area contributed by atoms with Gasteiger partial charge in [0.2, 0.25) is 5.95 Å². The van der Waals surface area contributed by atoms with E-state index in [0.29, 0.717) is 32.3 Å². The van der Waals surface area contributed by atoms with Gasteiger partial charge in [0.1, 0.15) is 5.82 Å². The molecule has 2 heterocycles. The van der Waals surface area contributed by atoms with Crippen molar-refractivity contribution in [1.82, 2.24) is 15.3 Å². The fourth-order valence-electron chi connectivity index (χ4n) is 3.05. The molecular weight excluding hydrogens is 356 g/mol. The van der Waals surface area contributed by atoms with E-state index in [9.17, 15) is 4.79 Å². The molecule has 1 saturated heterocycles. The molecule has 0 saturated carbocycles. The van der Waals surface area contributed by atoms with E-state index in [4.69, 9.17) is 4.74 Å². The number of aryl methyl sites for hydroxylation is 2. The molecule has 28 heavy (non-hydrogen) atoms. The Hall–Kier alpha value is -2.87. The lowest BCUT2D eigenvalue weighted by Gasteiger charge is -2.28. The third-order valence-electron chi connectivity index (χ3n) is 4.52. The number of nitrogens with zero attached hydrogens (tertiary/aromatic N) is 3. The van der Waals surface area contributed by atoms with Crippen LogP contribution < -0.4 is 20.9 Å². The molecule has 3 rings (SSSR count). The molecule has 0 aliphatic carbocycles. The van der Waals surface area contributed by atoms with Crippen molar-refractivity contribution in [3.05, 3.63) is 41.6 Å².